The maximum atomic E-state index is 12.9. The Balaban J connectivity index is 1.64. The van der Waals surface area contributed by atoms with Gasteiger partial charge in [0.2, 0.25) is 5.88 Å². The summed E-state index contributed by atoms with van der Waals surface area (Å²) in [4.78, 5) is 20.0. The van der Waals surface area contributed by atoms with E-state index in [0.717, 1.165) is 7.11 Å². The Morgan fingerprint density at radius 3 is 2.79 bits per heavy atom. The quantitative estimate of drug-likeness (QED) is 0.374. The number of nitrogens with zero attached hydrogens (tertiary/aromatic N) is 5. The Kier molecular flexibility index (Phi) is 7.46. The van der Waals surface area contributed by atoms with Crippen LogP contribution in [0.2, 0.25) is 0 Å². The molecule has 9 nitrogen and oxygen atoms in total. The molecule has 0 aliphatic rings. The molecule has 0 bridgehead atoms. The number of hydrogen-bond acceptors (Lipinski definition) is 8. The fourth-order valence-corrected chi connectivity index (χ4v) is 3.11. The summed E-state index contributed by atoms with van der Waals surface area (Å²) >= 11 is 0. The van der Waals surface area contributed by atoms with Crippen molar-refractivity contribution in [3.8, 4) is 17.4 Å². The van der Waals surface area contributed by atoms with Crippen LogP contribution in [-0.4, -0.2) is 51.5 Å². The van der Waals surface area contributed by atoms with Crippen LogP contribution in [0.5, 0.6) is 5.88 Å². The minimum absolute atomic E-state index is 0.0146. The normalized spacial score (nSPS) is 12.3. The molecule has 1 unspecified atom stereocenters. The van der Waals surface area contributed by atoms with E-state index in [2.05, 4.69) is 30.2 Å². The van der Waals surface area contributed by atoms with Gasteiger partial charge in [-0.3, -0.25) is 0 Å². The molecule has 3 heterocycles. The average molecular weight is 464 g/mol. The highest BCUT2D eigenvalue weighted by Gasteiger charge is 2.33. The van der Waals surface area contributed by atoms with E-state index in [1.54, 1.807) is 13.4 Å². The minimum Gasteiger partial charge on any atom is -0.477 e. The van der Waals surface area contributed by atoms with Gasteiger partial charge in [-0.05, 0) is 38.0 Å². The molecule has 33 heavy (non-hydrogen) atoms. The van der Waals surface area contributed by atoms with Gasteiger partial charge in [-0.25, -0.2) is 14.8 Å². The van der Waals surface area contributed by atoms with E-state index in [0.29, 0.717) is 42.4 Å². The molecule has 3 rings (SSSR count). The van der Waals surface area contributed by atoms with E-state index in [9.17, 15) is 18.0 Å². The summed E-state index contributed by atoms with van der Waals surface area (Å²) in [5.41, 5.74) is -0.768. The highest BCUT2D eigenvalue weighted by Crippen LogP contribution is 2.31. The van der Waals surface area contributed by atoms with Crippen LogP contribution in [-0.2, 0) is 10.9 Å². The van der Waals surface area contributed by atoms with Crippen LogP contribution < -0.4 is 10.1 Å². The van der Waals surface area contributed by atoms with E-state index in [4.69, 9.17) is 4.74 Å². The standard InChI is InChI=1S/C21H23F3N6O3/c1-13(30-12-27-29-18(30)16-7-4-8-17(25-2)28-16)6-5-9-33-19-15(20(31)32-3)10-14(11-26-19)21(22,23)24/h4,7-8,10-13H,5-6,9H2,1-3H3,(H,25,28). The molecule has 12 heteroatoms. The Morgan fingerprint density at radius 1 is 1.30 bits per heavy atom. The maximum absolute atomic E-state index is 12.9. The largest absolute Gasteiger partial charge is 0.477 e. The Morgan fingerprint density at radius 2 is 2.09 bits per heavy atom. The molecule has 0 amide bonds. The summed E-state index contributed by atoms with van der Waals surface area (Å²) in [5, 5.41) is 11.1. The van der Waals surface area contributed by atoms with Gasteiger partial charge in [0.1, 0.15) is 23.4 Å². The number of ether oxygens (including phenoxy) is 2. The van der Waals surface area contributed by atoms with Crippen molar-refractivity contribution in [1.29, 1.82) is 0 Å². The van der Waals surface area contributed by atoms with E-state index in [1.807, 2.05) is 29.7 Å². The number of aromatic nitrogens is 5. The molecular weight excluding hydrogens is 441 g/mol. The molecule has 1 atom stereocenters. The van der Waals surface area contributed by atoms with Crippen molar-refractivity contribution in [2.24, 2.45) is 0 Å². The summed E-state index contributed by atoms with van der Waals surface area (Å²) in [6.07, 6.45) is -1.22. The topological polar surface area (TPSA) is 104 Å². The minimum atomic E-state index is -4.64. The van der Waals surface area contributed by atoms with Gasteiger partial charge in [-0.15, -0.1) is 10.2 Å². The zero-order chi connectivity index (χ0) is 24.0. The smallest absolute Gasteiger partial charge is 0.417 e. The van der Waals surface area contributed by atoms with Crippen LogP contribution in [0.25, 0.3) is 11.5 Å². The van der Waals surface area contributed by atoms with Crippen LogP contribution >= 0.6 is 0 Å². The number of rotatable bonds is 9. The highest BCUT2D eigenvalue weighted by molar-refractivity contribution is 5.92. The Hall–Kier alpha value is -3.70. The molecule has 0 radical (unpaired) electrons. The van der Waals surface area contributed by atoms with Gasteiger partial charge in [0, 0.05) is 19.3 Å². The SMILES string of the molecule is CNc1cccc(-c2nncn2C(C)CCCOc2ncc(C(F)(F)F)cc2C(=O)OC)n1. The molecule has 1 N–H and O–H groups in total. The molecule has 0 saturated carbocycles. The number of anilines is 1. The predicted octanol–water partition coefficient (Wildman–Crippen LogP) is 4.00. The molecule has 3 aromatic heterocycles. The first-order valence-corrected chi connectivity index (χ1v) is 10.1. The van der Waals surface area contributed by atoms with E-state index < -0.39 is 17.7 Å². The zero-order valence-electron chi connectivity index (χ0n) is 18.3. The van der Waals surface area contributed by atoms with Crippen LogP contribution in [0.1, 0.15) is 41.7 Å². The fraction of sp³-hybridized carbons (Fsp3) is 0.381. The lowest BCUT2D eigenvalue weighted by Gasteiger charge is -2.16. The molecule has 0 aliphatic heterocycles. The van der Waals surface area contributed by atoms with Crippen molar-refractivity contribution in [3.63, 3.8) is 0 Å². The molecule has 0 spiro atoms. The monoisotopic (exact) mass is 464 g/mol. The van der Waals surface area contributed by atoms with Crippen LogP contribution in [0.15, 0.2) is 36.8 Å². The molecule has 176 valence electrons. The second kappa shape index (κ2) is 10.3. The van der Waals surface area contributed by atoms with E-state index >= 15 is 0 Å². The number of alkyl halides is 3. The lowest BCUT2D eigenvalue weighted by Crippen LogP contribution is -2.13. The fourth-order valence-electron chi connectivity index (χ4n) is 3.11. The van der Waals surface area contributed by atoms with Gasteiger partial charge in [0.15, 0.2) is 5.82 Å². The summed E-state index contributed by atoms with van der Waals surface area (Å²) in [6.45, 7) is 2.11. The van der Waals surface area contributed by atoms with Gasteiger partial charge >= 0.3 is 12.1 Å². The highest BCUT2D eigenvalue weighted by atomic mass is 19.4. The summed E-state index contributed by atoms with van der Waals surface area (Å²) in [7, 11) is 2.85. The number of carbonyl (C=O) groups excluding carboxylic acids is 1. The van der Waals surface area contributed by atoms with Gasteiger partial charge in [0.25, 0.3) is 0 Å². The first kappa shape index (κ1) is 24.0. The third-order valence-corrected chi connectivity index (χ3v) is 4.87. The summed E-state index contributed by atoms with van der Waals surface area (Å²) < 4.78 is 50.8. The van der Waals surface area contributed by atoms with Gasteiger partial charge in [-0.2, -0.15) is 13.2 Å². The number of esters is 1. The van der Waals surface area contributed by atoms with E-state index in [1.165, 1.54) is 0 Å². The third kappa shape index (κ3) is 5.76. The van der Waals surface area contributed by atoms with Crippen molar-refractivity contribution >= 4 is 11.8 Å². The number of pyridine rings is 2. The average Bonchev–Trinajstić information content (AvgIpc) is 3.31. The Bertz CT molecular complexity index is 1100. The van der Waals surface area contributed by atoms with Crippen LogP contribution in [0.4, 0.5) is 19.0 Å². The number of methoxy groups -OCH3 is 1. The number of carbonyl (C=O) groups is 1. The summed E-state index contributed by atoms with van der Waals surface area (Å²) in [6, 6.07) is 6.19. The van der Waals surface area contributed by atoms with Crippen molar-refractivity contribution in [3.05, 3.63) is 47.9 Å². The van der Waals surface area contributed by atoms with Gasteiger partial charge in [-0.1, -0.05) is 6.07 Å². The molecule has 3 aromatic rings. The molecular formula is C21H23F3N6O3. The predicted molar refractivity (Wildman–Crippen MR) is 113 cm³/mol. The van der Waals surface area contributed by atoms with Crippen LogP contribution in [0.3, 0.4) is 0 Å². The second-order valence-corrected chi connectivity index (χ2v) is 7.13. The lowest BCUT2D eigenvalue weighted by atomic mass is 10.1. The molecule has 0 aliphatic carbocycles. The second-order valence-electron chi connectivity index (χ2n) is 7.13. The first-order valence-electron chi connectivity index (χ1n) is 10.1. The van der Waals surface area contributed by atoms with Crippen molar-refractivity contribution in [2.75, 3.05) is 26.1 Å². The Labute approximate surface area is 188 Å². The number of halogens is 3. The van der Waals surface area contributed by atoms with Crippen molar-refractivity contribution in [1.82, 2.24) is 24.7 Å². The molecule has 0 saturated heterocycles. The number of nitrogens with one attached hydrogen (secondary N) is 1. The summed E-state index contributed by atoms with van der Waals surface area (Å²) in [5.74, 6) is 0.148. The molecule has 0 fully saturated rings. The van der Waals surface area contributed by atoms with Gasteiger partial charge in [0.05, 0.1) is 19.3 Å². The number of hydrogen-bond donors (Lipinski definition) is 1. The first-order chi connectivity index (χ1) is 15.7. The van der Waals surface area contributed by atoms with E-state index in [-0.39, 0.29) is 24.1 Å². The van der Waals surface area contributed by atoms with Crippen molar-refractivity contribution in [2.45, 2.75) is 32.0 Å². The van der Waals surface area contributed by atoms with Gasteiger partial charge < -0.3 is 19.4 Å². The maximum Gasteiger partial charge on any atom is 0.417 e. The zero-order valence-corrected chi connectivity index (χ0v) is 18.3. The lowest BCUT2D eigenvalue weighted by molar-refractivity contribution is -0.137. The van der Waals surface area contributed by atoms with Crippen LogP contribution in [0, 0.1) is 0 Å². The third-order valence-electron chi connectivity index (χ3n) is 4.87. The van der Waals surface area contributed by atoms with Crippen molar-refractivity contribution < 1.29 is 27.4 Å². The molecule has 0 aromatic carbocycles.